The van der Waals surface area contributed by atoms with Gasteiger partial charge in [0.2, 0.25) is 0 Å². The highest BCUT2D eigenvalue weighted by Crippen LogP contribution is 2.34. The van der Waals surface area contributed by atoms with Gasteiger partial charge < -0.3 is 9.84 Å². The number of hydrogen-bond donors (Lipinski definition) is 1. The van der Waals surface area contributed by atoms with E-state index in [1.165, 1.54) is 17.8 Å². The van der Waals surface area contributed by atoms with Crippen LogP contribution in [0.2, 0.25) is 0 Å². The van der Waals surface area contributed by atoms with Crippen molar-refractivity contribution in [2.75, 3.05) is 6.61 Å². The van der Waals surface area contributed by atoms with Gasteiger partial charge in [0.1, 0.15) is 0 Å². The Morgan fingerprint density at radius 3 is 2.67 bits per heavy atom. The maximum absolute atomic E-state index is 10.8. The lowest BCUT2D eigenvalue weighted by atomic mass is 10.3. The number of ether oxygens (including phenoxy) is 1. The van der Waals surface area contributed by atoms with Gasteiger partial charge in [0.25, 0.3) is 0 Å². The molecule has 0 aliphatic carbocycles. The smallest absolute Gasteiger partial charge is 0.310 e. The summed E-state index contributed by atoms with van der Waals surface area (Å²) in [6.07, 6.45) is -0.444. The van der Waals surface area contributed by atoms with Crippen LogP contribution in [0.4, 0.5) is 5.69 Å². The van der Waals surface area contributed by atoms with Crippen LogP contribution >= 0.6 is 11.8 Å². The summed E-state index contributed by atoms with van der Waals surface area (Å²) in [5, 5.41) is 20.3. The number of aliphatic hydroxyl groups is 1. The molecule has 6 heteroatoms. The van der Waals surface area contributed by atoms with Crippen molar-refractivity contribution < 1.29 is 14.8 Å². The number of nitro benzene ring substituents is 1. The normalized spacial score (nSPS) is 14.0. The molecule has 1 rings (SSSR count). The first kappa shape index (κ1) is 14.8. The largest absolute Gasteiger partial charge is 0.487 e. The average molecular weight is 271 g/mol. The van der Waals surface area contributed by atoms with Gasteiger partial charge in [-0.2, -0.15) is 0 Å². The van der Waals surface area contributed by atoms with Gasteiger partial charge in [0, 0.05) is 22.3 Å². The molecular weight excluding hydrogens is 254 g/mol. The molecule has 2 unspecified atom stereocenters. The fraction of sp³-hybridized carbons (Fsp3) is 0.500. The molecule has 0 bridgehead atoms. The van der Waals surface area contributed by atoms with Crippen LogP contribution in [0.1, 0.15) is 20.8 Å². The fourth-order valence-corrected chi connectivity index (χ4v) is 2.25. The second kappa shape index (κ2) is 6.61. The van der Waals surface area contributed by atoms with Crippen molar-refractivity contribution in [2.45, 2.75) is 37.0 Å². The molecule has 100 valence electrons. The first-order valence-electron chi connectivity index (χ1n) is 5.71. The Kier molecular flexibility index (Phi) is 5.43. The van der Waals surface area contributed by atoms with E-state index in [0.29, 0.717) is 6.61 Å². The van der Waals surface area contributed by atoms with Crippen LogP contribution < -0.4 is 4.74 Å². The van der Waals surface area contributed by atoms with Crippen LogP contribution in [0.5, 0.6) is 5.75 Å². The van der Waals surface area contributed by atoms with E-state index >= 15 is 0 Å². The molecule has 5 nitrogen and oxygen atoms in total. The van der Waals surface area contributed by atoms with E-state index in [4.69, 9.17) is 4.74 Å². The first-order valence-corrected chi connectivity index (χ1v) is 6.59. The zero-order valence-electron chi connectivity index (χ0n) is 10.6. The SMILES string of the molecule is CCOc1cc(SC(C)C(C)O)ccc1[N+](=O)[O-]. The number of nitro groups is 1. The molecule has 0 amide bonds. The molecular formula is C12H17NO4S. The number of nitrogens with zero attached hydrogens (tertiary/aromatic N) is 1. The molecule has 1 aromatic rings. The van der Waals surface area contributed by atoms with E-state index in [2.05, 4.69) is 0 Å². The van der Waals surface area contributed by atoms with Crippen LogP contribution in [0.3, 0.4) is 0 Å². The third-order valence-corrected chi connectivity index (χ3v) is 3.72. The zero-order valence-corrected chi connectivity index (χ0v) is 11.4. The third-order valence-electron chi connectivity index (χ3n) is 2.43. The van der Waals surface area contributed by atoms with Gasteiger partial charge in [-0.1, -0.05) is 6.92 Å². The fourth-order valence-electron chi connectivity index (χ4n) is 1.30. The number of aliphatic hydroxyl groups excluding tert-OH is 1. The maximum atomic E-state index is 10.8. The summed E-state index contributed by atoms with van der Waals surface area (Å²) in [7, 11) is 0. The summed E-state index contributed by atoms with van der Waals surface area (Å²) in [5.41, 5.74) is -0.0362. The number of thioether (sulfide) groups is 1. The molecule has 18 heavy (non-hydrogen) atoms. The molecule has 0 radical (unpaired) electrons. The van der Waals surface area contributed by atoms with Crippen molar-refractivity contribution in [1.82, 2.24) is 0 Å². The maximum Gasteiger partial charge on any atom is 0.310 e. The zero-order chi connectivity index (χ0) is 13.7. The van der Waals surface area contributed by atoms with E-state index in [-0.39, 0.29) is 16.7 Å². The molecule has 0 fully saturated rings. The first-order chi connectivity index (χ1) is 8.45. The predicted molar refractivity (Wildman–Crippen MR) is 71.3 cm³/mol. The van der Waals surface area contributed by atoms with E-state index < -0.39 is 11.0 Å². The van der Waals surface area contributed by atoms with Crippen LogP contribution in [-0.2, 0) is 0 Å². The molecule has 0 saturated heterocycles. The minimum Gasteiger partial charge on any atom is -0.487 e. The highest BCUT2D eigenvalue weighted by Gasteiger charge is 2.17. The van der Waals surface area contributed by atoms with Crippen molar-refractivity contribution in [3.63, 3.8) is 0 Å². The van der Waals surface area contributed by atoms with Gasteiger partial charge in [-0.25, -0.2) is 0 Å². The van der Waals surface area contributed by atoms with E-state index in [1.54, 1.807) is 26.0 Å². The van der Waals surface area contributed by atoms with Crippen LogP contribution in [0.15, 0.2) is 23.1 Å². The van der Waals surface area contributed by atoms with Gasteiger partial charge in [-0.15, -0.1) is 11.8 Å². The summed E-state index contributed by atoms with van der Waals surface area (Å²) in [4.78, 5) is 11.2. The lowest BCUT2D eigenvalue weighted by Crippen LogP contribution is -2.14. The van der Waals surface area contributed by atoms with Gasteiger partial charge in [-0.05, 0) is 19.9 Å². The molecule has 0 aliphatic rings. The van der Waals surface area contributed by atoms with Crippen molar-refractivity contribution >= 4 is 17.4 Å². The standard InChI is InChI=1S/C12H17NO4S/c1-4-17-12-7-10(18-9(3)8(2)14)5-6-11(12)13(15)16/h5-9,14H,4H2,1-3H3. The van der Waals surface area contributed by atoms with Gasteiger partial charge >= 0.3 is 5.69 Å². The highest BCUT2D eigenvalue weighted by atomic mass is 32.2. The molecule has 1 aromatic carbocycles. The van der Waals surface area contributed by atoms with Gasteiger partial charge in [0.05, 0.1) is 17.6 Å². The monoisotopic (exact) mass is 271 g/mol. The van der Waals surface area contributed by atoms with Crippen molar-refractivity contribution in [1.29, 1.82) is 0 Å². The van der Waals surface area contributed by atoms with E-state index in [0.717, 1.165) is 4.90 Å². The van der Waals surface area contributed by atoms with Crippen molar-refractivity contribution in [3.8, 4) is 5.75 Å². The molecule has 0 heterocycles. The van der Waals surface area contributed by atoms with Crippen LogP contribution in [-0.4, -0.2) is 28.0 Å². The summed E-state index contributed by atoms with van der Waals surface area (Å²) < 4.78 is 5.26. The summed E-state index contributed by atoms with van der Waals surface area (Å²) in [5.74, 6) is 0.269. The summed E-state index contributed by atoms with van der Waals surface area (Å²) >= 11 is 1.46. The average Bonchev–Trinajstić information content (AvgIpc) is 2.29. The minimum atomic E-state index is -0.461. The van der Waals surface area contributed by atoms with Crippen LogP contribution in [0.25, 0.3) is 0 Å². The van der Waals surface area contributed by atoms with E-state index in [1.807, 2.05) is 6.92 Å². The molecule has 1 N–H and O–H groups in total. The lowest BCUT2D eigenvalue weighted by molar-refractivity contribution is -0.385. The molecule has 0 spiro atoms. The molecule has 2 atom stereocenters. The predicted octanol–water partition coefficient (Wildman–Crippen LogP) is 2.85. The Morgan fingerprint density at radius 2 is 2.17 bits per heavy atom. The van der Waals surface area contributed by atoms with Gasteiger partial charge in [-0.3, -0.25) is 10.1 Å². The Balaban J connectivity index is 2.96. The van der Waals surface area contributed by atoms with Crippen molar-refractivity contribution in [3.05, 3.63) is 28.3 Å². The second-order valence-corrected chi connectivity index (χ2v) is 5.33. The topological polar surface area (TPSA) is 72.6 Å². The highest BCUT2D eigenvalue weighted by molar-refractivity contribution is 8.00. The van der Waals surface area contributed by atoms with Gasteiger partial charge in [0.15, 0.2) is 5.75 Å². The van der Waals surface area contributed by atoms with Crippen LogP contribution in [0, 0.1) is 10.1 Å². The van der Waals surface area contributed by atoms with E-state index in [9.17, 15) is 15.2 Å². The molecule has 0 aliphatic heterocycles. The number of hydrogen-bond acceptors (Lipinski definition) is 5. The second-order valence-electron chi connectivity index (χ2n) is 3.88. The van der Waals surface area contributed by atoms with Crippen molar-refractivity contribution in [2.24, 2.45) is 0 Å². The minimum absolute atomic E-state index is 0.0148. The quantitative estimate of drug-likeness (QED) is 0.489. The Hall–Kier alpha value is -1.27. The molecule has 0 aromatic heterocycles. The lowest BCUT2D eigenvalue weighted by Gasteiger charge is -2.14. The third kappa shape index (κ3) is 3.89. The Morgan fingerprint density at radius 1 is 1.50 bits per heavy atom. The summed E-state index contributed by atoms with van der Waals surface area (Å²) in [6, 6.07) is 4.75. The Bertz CT molecular complexity index is 423. The number of rotatable bonds is 6. The number of benzene rings is 1. The summed E-state index contributed by atoms with van der Waals surface area (Å²) in [6.45, 7) is 5.77. The molecule has 0 saturated carbocycles. The Labute approximate surface area is 110 Å².